The molecule has 2 aromatic carbocycles. The van der Waals surface area contributed by atoms with E-state index in [1.165, 1.54) is 6.33 Å². The molecule has 0 saturated carbocycles. The quantitative estimate of drug-likeness (QED) is 0.374. The summed E-state index contributed by atoms with van der Waals surface area (Å²) in [7, 11) is 1.72. The van der Waals surface area contributed by atoms with Crippen molar-refractivity contribution in [3.8, 4) is 11.5 Å². The maximum Gasteiger partial charge on any atom is 0.170 e. The second-order valence-corrected chi connectivity index (χ2v) is 7.71. The third kappa shape index (κ3) is 3.46. The Morgan fingerprint density at radius 3 is 2.69 bits per heavy atom. The molecule has 3 heterocycles. The van der Waals surface area contributed by atoms with Crippen LogP contribution in [0.25, 0.3) is 22.1 Å². The smallest absolute Gasteiger partial charge is 0.170 e. The molecular formula is C22H17ClFN7O. The maximum absolute atomic E-state index is 14.9. The Kier molecular flexibility index (Phi) is 4.82. The molecule has 1 N–H and O–H groups in total. The maximum atomic E-state index is 14.9. The summed E-state index contributed by atoms with van der Waals surface area (Å²) in [6.45, 7) is 3.55. The number of hydrogen-bond donors (Lipinski definition) is 1. The molecule has 8 nitrogen and oxygen atoms in total. The monoisotopic (exact) mass is 449 g/mol. The molecule has 5 rings (SSSR count). The summed E-state index contributed by atoms with van der Waals surface area (Å²) in [5.41, 5.74) is 4.44. The van der Waals surface area contributed by atoms with E-state index in [1.54, 1.807) is 42.9 Å². The Bertz CT molecular complexity index is 1500. The third-order valence-corrected chi connectivity index (χ3v) is 5.34. The minimum atomic E-state index is -0.445. The van der Waals surface area contributed by atoms with Crippen molar-refractivity contribution in [1.29, 1.82) is 0 Å². The van der Waals surface area contributed by atoms with E-state index < -0.39 is 5.82 Å². The zero-order chi connectivity index (χ0) is 22.4. The molecule has 10 heteroatoms. The zero-order valence-corrected chi connectivity index (χ0v) is 18.1. The van der Waals surface area contributed by atoms with Crippen molar-refractivity contribution in [1.82, 2.24) is 29.9 Å². The van der Waals surface area contributed by atoms with Crippen LogP contribution in [0.15, 0.2) is 42.7 Å². The standard InChI is InChI=1S/C22H17ClFN7O/c1-11-8-13(27-22-20-14(25-10-26-22)5-7-18(23)28-20)4-6-16(11)32-17-9-15-21(12(2)19(17)24)31(3)30-29-15/h4-10H,1-3H3,(H,25,26,27). The minimum Gasteiger partial charge on any atom is -0.454 e. The van der Waals surface area contributed by atoms with Gasteiger partial charge in [0.15, 0.2) is 17.4 Å². The van der Waals surface area contributed by atoms with Crippen LogP contribution >= 0.6 is 11.6 Å². The lowest BCUT2D eigenvalue weighted by Gasteiger charge is -2.13. The highest BCUT2D eigenvalue weighted by Gasteiger charge is 2.17. The molecule has 32 heavy (non-hydrogen) atoms. The van der Waals surface area contributed by atoms with Gasteiger partial charge >= 0.3 is 0 Å². The summed E-state index contributed by atoms with van der Waals surface area (Å²) < 4.78 is 22.4. The number of aryl methyl sites for hydroxylation is 3. The summed E-state index contributed by atoms with van der Waals surface area (Å²) in [6, 6.07) is 10.5. The Morgan fingerprint density at radius 1 is 1.03 bits per heavy atom. The van der Waals surface area contributed by atoms with Crippen molar-refractivity contribution in [2.45, 2.75) is 13.8 Å². The van der Waals surface area contributed by atoms with Gasteiger partial charge in [0.05, 0.1) is 11.0 Å². The second-order valence-electron chi connectivity index (χ2n) is 7.33. The molecular weight excluding hydrogens is 433 g/mol. The van der Waals surface area contributed by atoms with Crippen molar-refractivity contribution < 1.29 is 9.13 Å². The van der Waals surface area contributed by atoms with Crippen LogP contribution in [0.3, 0.4) is 0 Å². The number of rotatable bonds is 4. The molecule has 0 spiro atoms. The fourth-order valence-electron chi connectivity index (χ4n) is 3.56. The number of fused-ring (bicyclic) bond motifs is 2. The van der Waals surface area contributed by atoms with Crippen molar-refractivity contribution in [3.63, 3.8) is 0 Å². The van der Waals surface area contributed by atoms with Gasteiger partial charge in [-0.25, -0.2) is 24.0 Å². The first kappa shape index (κ1) is 20.1. The van der Waals surface area contributed by atoms with Gasteiger partial charge in [0.2, 0.25) is 0 Å². The predicted molar refractivity (Wildman–Crippen MR) is 120 cm³/mol. The second kappa shape index (κ2) is 7.69. The van der Waals surface area contributed by atoms with Crippen LogP contribution in [-0.2, 0) is 7.05 Å². The first-order chi connectivity index (χ1) is 15.4. The summed E-state index contributed by atoms with van der Waals surface area (Å²) in [6.07, 6.45) is 1.46. The van der Waals surface area contributed by atoms with Crippen LogP contribution in [0, 0.1) is 19.7 Å². The van der Waals surface area contributed by atoms with Gasteiger partial charge in [-0.15, -0.1) is 5.10 Å². The lowest BCUT2D eigenvalue weighted by Crippen LogP contribution is -1.99. The SMILES string of the molecule is Cc1cc(Nc2ncnc3ccc(Cl)nc23)ccc1Oc1cc2nnn(C)c2c(C)c1F. The van der Waals surface area contributed by atoms with E-state index in [0.29, 0.717) is 44.4 Å². The minimum absolute atomic E-state index is 0.0972. The molecule has 0 radical (unpaired) electrons. The number of benzene rings is 2. The number of ether oxygens (including phenoxy) is 1. The molecule has 5 aromatic rings. The van der Waals surface area contributed by atoms with Gasteiger partial charge in [-0.1, -0.05) is 16.8 Å². The van der Waals surface area contributed by atoms with E-state index in [-0.39, 0.29) is 5.75 Å². The highest BCUT2D eigenvalue weighted by molar-refractivity contribution is 6.29. The average Bonchev–Trinajstić information content (AvgIpc) is 3.14. The molecule has 0 fully saturated rings. The summed E-state index contributed by atoms with van der Waals surface area (Å²) >= 11 is 6.03. The number of halogens is 2. The lowest BCUT2D eigenvalue weighted by atomic mass is 10.1. The van der Waals surface area contributed by atoms with E-state index in [2.05, 4.69) is 30.6 Å². The van der Waals surface area contributed by atoms with Crippen molar-refractivity contribution >= 4 is 45.2 Å². The predicted octanol–water partition coefficient (Wildman–Crippen LogP) is 5.25. The molecule has 0 saturated heterocycles. The molecule has 0 aliphatic carbocycles. The average molecular weight is 450 g/mol. The third-order valence-electron chi connectivity index (χ3n) is 5.13. The van der Waals surface area contributed by atoms with Crippen LogP contribution in [-0.4, -0.2) is 29.9 Å². The fraction of sp³-hybridized carbons (Fsp3) is 0.136. The van der Waals surface area contributed by atoms with E-state index in [4.69, 9.17) is 16.3 Å². The van der Waals surface area contributed by atoms with Gasteiger partial charge in [0.25, 0.3) is 0 Å². The summed E-state index contributed by atoms with van der Waals surface area (Å²) in [5, 5.41) is 11.6. The van der Waals surface area contributed by atoms with E-state index >= 15 is 0 Å². The fourth-order valence-corrected chi connectivity index (χ4v) is 3.71. The molecule has 0 atom stereocenters. The van der Waals surface area contributed by atoms with E-state index in [9.17, 15) is 4.39 Å². The number of pyridine rings is 1. The number of nitrogens with one attached hydrogen (secondary N) is 1. The van der Waals surface area contributed by atoms with Gasteiger partial charge < -0.3 is 10.1 Å². The lowest BCUT2D eigenvalue weighted by molar-refractivity contribution is 0.438. The summed E-state index contributed by atoms with van der Waals surface area (Å²) in [5.74, 6) is 0.700. The van der Waals surface area contributed by atoms with Gasteiger partial charge in [0.1, 0.15) is 28.3 Å². The molecule has 0 amide bonds. The van der Waals surface area contributed by atoms with Crippen molar-refractivity contribution in [2.24, 2.45) is 7.05 Å². The van der Waals surface area contributed by atoms with Crippen LogP contribution < -0.4 is 10.1 Å². The van der Waals surface area contributed by atoms with Crippen LogP contribution in [0.4, 0.5) is 15.9 Å². The topological polar surface area (TPSA) is 90.6 Å². The normalized spacial score (nSPS) is 11.3. The molecule has 0 bridgehead atoms. The molecule has 0 aliphatic heterocycles. The molecule has 3 aromatic heterocycles. The van der Waals surface area contributed by atoms with Crippen LogP contribution in [0.5, 0.6) is 11.5 Å². The van der Waals surface area contributed by atoms with Gasteiger partial charge in [0, 0.05) is 24.4 Å². The summed E-state index contributed by atoms with van der Waals surface area (Å²) in [4.78, 5) is 12.8. The Morgan fingerprint density at radius 2 is 1.88 bits per heavy atom. The van der Waals surface area contributed by atoms with Gasteiger partial charge in [-0.05, 0) is 49.7 Å². The van der Waals surface area contributed by atoms with Gasteiger partial charge in [-0.2, -0.15) is 0 Å². The molecule has 0 aliphatic rings. The van der Waals surface area contributed by atoms with Gasteiger partial charge in [-0.3, -0.25) is 0 Å². The zero-order valence-electron chi connectivity index (χ0n) is 17.4. The first-order valence-electron chi connectivity index (χ1n) is 9.72. The Balaban J connectivity index is 1.45. The molecule has 160 valence electrons. The Hall–Kier alpha value is -3.85. The highest BCUT2D eigenvalue weighted by atomic mass is 35.5. The van der Waals surface area contributed by atoms with Crippen molar-refractivity contribution in [2.75, 3.05) is 5.32 Å². The van der Waals surface area contributed by atoms with Crippen molar-refractivity contribution in [3.05, 3.63) is 64.8 Å². The number of aromatic nitrogens is 6. The van der Waals surface area contributed by atoms with E-state index in [1.807, 2.05) is 19.1 Å². The van der Waals surface area contributed by atoms with Crippen LogP contribution in [0.1, 0.15) is 11.1 Å². The molecule has 0 unspecified atom stereocenters. The largest absolute Gasteiger partial charge is 0.454 e. The number of hydrogen-bond acceptors (Lipinski definition) is 7. The first-order valence-corrected chi connectivity index (χ1v) is 10.1. The number of nitrogens with zero attached hydrogens (tertiary/aromatic N) is 6. The van der Waals surface area contributed by atoms with E-state index in [0.717, 1.165) is 11.3 Å². The number of anilines is 2. The highest BCUT2D eigenvalue weighted by Crippen LogP contribution is 2.34. The van der Waals surface area contributed by atoms with Crippen LogP contribution in [0.2, 0.25) is 5.15 Å². The Labute approximate surface area is 187 Å².